The Labute approximate surface area is 434 Å². The molecule has 22 nitrogen and oxygen atoms in total. The zero-order chi connectivity index (χ0) is 56.6. The highest BCUT2D eigenvalue weighted by Gasteiger charge is 2.54. The molecule has 4 heterocycles. The van der Waals surface area contributed by atoms with Crippen LogP contribution in [0.3, 0.4) is 0 Å². The van der Waals surface area contributed by atoms with Gasteiger partial charge in [0.05, 0.1) is 20.8 Å². The lowest BCUT2D eigenvalue weighted by atomic mass is 9.98. The summed E-state index contributed by atoms with van der Waals surface area (Å²) in [6.07, 6.45) is -15.3. The number of hydrogen-bond donors (Lipinski definition) is 4. The first-order valence-corrected chi connectivity index (χ1v) is 23.8. The summed E-state index contributed by atoms with van der Waals surface area (Å²) in [6.45, 7) is 14.1. The molecular weight excluding hydrogens is 1020 g/mol. The molecule has 0 saturated carbocycles. The van der Waals surface area contributed by atoms with Crippen molar-refractivity contribution in [2.45, 2.75) is 156 Å². The Hall–Kier alpha value is -6.58. The first-order chi connectivity index (χ1) is 35.7. The van der Waals surface area contributed by atoms with Crippen LogP contribution in [0.5, 0.6) is 23.3 Å². The number of aromatic nitrogens is 4. The van der Waals surface area contributed by atoms with Crippen LogP contribution < -0.4 is 18.9 Å². The van der Waals surface area contributed by atoms with Crippen molar-refractivity contribution < 1.29 is 105 Å². The smallest absolute Gasteiger partial charge is 0.303 e. The van der Waals surface area contributed by atoms with Gasteiger partial charge in [-0.1, -0.05) is 0 Å². The van der Waals surface area contributed by atoms with Gasteiger partial charge < -0.3 is 67.8 Å². The van der Waals surface area contributed by atoms with Crippen molar-refractivity contribution in [1.82, 2.24) is 19.6 Å². The van der Waals surface area contributed by atoms with Gasteiger partial charge in [0.1, 0.15) is 71.9 Å². The summed E-state index contributed by atoms with van der Waals surface area (Å²) in [5.41, 5.74) is 1.19. The number of esters is 4. The molecule has 2 aromatic carbocycles. The molecule has 4 N–H and O–H groups in total. The van der Waals surface area contributed by atoms with Gasteiger partial charge in [0, 0.05) is 111 Å². The lowest BCUT2D eigenvalue weighted by Crippen LogP contribution is -2.63. The molecule has 10 atom stereocenters. The highest BCUT2D eigenvalue weighted by Crippen LogP contribution is 2.36. The van der Waals surface area contributed by atoms with Gasteiger partial charge in [0.15, 0.2) is 12.2 Å². The Balaban J connectivity index is 0.000000295. The molecule has 0 radical (unpaired) electrons. The zero-order valence-electron chi connectivity index (χ0n) is 43.9. The van der Waals surface area contributed by atoms with Crippen LogP contribution in [-0.4, -0.2) is 153 Å². The van der Waals surface area contributed by atoms with Crippen molar-refractivity contribution in [2.75, 3.05) is 27.4 Å². The summed E-state index contributed by atoms with van der Waals surface area (Å²) in [5.74, 6) is -6.62. The zero-order valence-corrected chi connectivity index (χ0v) is 43.9. The van der Waals surface area contributed by atoms with Crippen molar-refractivity contribution in [2.24, 2.45) is 0 Å². The van der Waals surface area contributed by atoms with Crippen LogP contribution in [0.15, 0.2) is 24.3 Å². The van der Waals surface area contributed by atoms with E-state index >= 15 is 0 Å². The minimum absolute atomic E-state index is 0.00711. The number of aliphatic hydroxyl groups is 4. The van der Waals surface area contributed by atoms with E-state index in [2.05, 4.69) is 10.2 Å². The standard InChI is InChI=1S/C29H36F2N2O11.C21H28F2N2O7/c1-13(2)33-14(3)20(11-21-22(30)9-19(38-8)10-23(21)31)28(32-33)44-29-27(42-18(7)37)26(41-17(6)36)25(40-16(5)35)24(43-29)12-39-15(4)34;1-9(2)25-10(3)12(7-13-14(22)5-11(30-4)6-15(13)23)20(24-25)32-21-19(29)18(28)17(27)16(8-26)31-21/h9-10,13,24-27,29H,11-12H2,1-8H3;5-6,9,16-19,21,26-29H,7-8H2,1-4H3/t24-,25-,26+,27-,29+;16-,17-,18+,19-,21+/m11/s1. The van der Waals surface area contributed by atoms with Crippen molar-refractivity contribution in [3.05, 3.63) is 81.2 Å². The van der Waals surface area contributed by atoms with E-state index in [1.54, 1.807) is 23.2 Å². The van der Waals surface area contributed by atoms with E-state index in [1.165, 1.54) is 14.2 Å². The molecular formula is C50H64F4N4O18. The van der Waals surface area contributed by atoms with Gasteiger partial charge in [-0.25, -0.2) is 17.6 Å². The van der Waals surface area contributed by atoms with E-state index in [0.717, 1.165) is 52.0 Å². The number of benzene rings is 2. The van der Waals surface area contributed by atoms with E-state index in [1.807, 2.05) is 27.7 Å². The molecule has 2 fully saturated rings. The highest BCUT2D eigenvalue weighted by atomic mass is 19.1. The van der Waals surface area contributed by atoms with E-state index in [0.29, 0.717) is 17.0 Å². The summed E-state index contributed by atoms with van der Waals surface area (Å²) in [4.78, 5) is 47.9. The minimum Gasteiger partial charge on any atom is -0.497 e. The predicted octanol–water partition coefficient (Wildman–Crippen LogP) is 3.94. The Kier molecular flexibility index (Phi) is 20.6. The maximum Gasteiger partial charge on any atom is 0.303 e. The monoisotopic (exact) mass is 1080 g/mol. The SMILES string of the molecule is COc1cc(F)c(Cc2c(O[C@@H]3O[C@H](CO)[C@@H](O)[C@H](O)[C@H]3O)nn(C(C)C)c2C)c(F)c1.COc1cc(F)c(Cc2c(O[C@@H]3O[C@H](COC(C)=O)[C@@H](OC(C)=O)[C@H](OC(C)=O)[C@H]3OC(C)=O)nn(C(C)C)c2C)c(F)c1. The fraction of sp³-hybridized carbons (Fsp3) is 0.560. The Morgan fingerprint density at radius 2 is 0.974 bits per heavy atom. The average Bonchev–Trinajstić information content (AvgIpc) is 3.82. The number of ether oxygens (including phenoxy) is 10. The Bertz CT molecular complexity index is 2650. The van der Waals surface area contributed by atoms with Crippen molar-refractivity contribution >= 4 is 23.9 Å². The van der Waals surface area contributed by atoms with Crippen molar-refractivity contribution in [1.29, 1.82) is 0 Å². The summed E-state index contributed by atoms with van der Waals surface area (Å²) in [7, 11) is 2.58. The normalized spacial score (nSPS) is 23.3. The molecule has 0 amide bonds. The van der Waals surface area contributed by atoms with Crippen LogP contribution in [0.2, 0.25) is 0 Å². The number of carbonyl (C=O) groups is 4. The number of halogens is 4. The molecule has 4 aromatic rings. The van der Waals surface area contributed by atoms with Gasteiger partial charge in [0.25, 0.3) is 0 Å². The van der Waals surface area contributed by atoms with Crippen LogP contribution in [0.25, 0.3) is 0 Å². The first-order valence-electron chi connectivity index (χ1n) is 23.8. The molecule has 2 aliphatic rings. The van der Waals surface area contributed by atoms with Crippen LogP contribution in [-0.2, 0) is 60.4 Å². The Morgan fingerprint density at radius 3 is 1.36 bits per heavy atom. The molecule has 0 bridgehead atoms. The maximum atomic E-state index is 15.0. The van der Waals surface area contributed by atoms with Gasteiger partial charge in [0.2, 0.25) is 30.4 Å². The quantitative estimate of drug-likeness (QED) is 0.0624. The summed E-state index contributed by atoms with van der Waals surface area (Å²) >= 11 is 0. The second-order valence-corrected chi connectivity index (χ2v) is 18.3. The molecule has 0 unspecified atom stereocenters. The topological polar surface area (TPSA) is 277 Å². The van der Waals surface area contributed by atoms with Gasteiger partial charge in [-0.05, 0) is 41.5 Å². The third kappa shape index (κ3) is 14.3. The number of hydrogen-bond acceptors (Lipinski definition) is 20. The fourth-order valence-corrected chi connectivity index (χ4v) is 8.41. The van der Waals surface area contributed by atoms with E-state index in [4.69, 9.17) is 47.4 Å². The van der Waals surface area contributed by atoms with E-state index in [9.17, 15) is 57.2 Å². The maximum absolute atomic E-state index is 15.0. The molecule has 26 heteroatoms. The van der Waals surface area contributed by atoms with Crippen molar-refractivity contribution in [3.8, 4) is 23.3 Å². The molecule has 2 aromatic heterocycles. The number of rotatable bonds is 18. The second-order valence-electron chi connectivity index (χ2n) is 18.3. The van der Waals surface area contributed by atoms with Crippen LogP contribution >= 0.6 is 0 Å². The lowest BCUT2D eigenvalue weighted by Gasteiger charge is -2.43. The fourth-order valence-electron chi connectivity index (χ4n) is 8.41. The van der Waals surface area contributed by atoms with Crippen LogP contribution in [0.1, 0.15) is 101 Å². The first kappa shape index (κ1) is 60.3. The van der Waals surface area contributed by atoms with Gasteiger partial charge in [-0.2, -0.15) is 0 Å². The van der Waals surface area contributed by atoms with Gasteiger partial charge in [-0.15, -0.1) is 10.2 Å². The predicted molar refractivity (Wildman–Crippen MR) is 253 cm³/mol. The molecule has 0 spiro atoms. The highest BCUT2D eigenvalue weighted by molar-refractivity contribution is 5.69. The number of nitrogens with zero attached hydrogens (tertiary/aromatic N) is 4. The summed E-state index contributed by atoms with van der Waals surface area (Å²) in [5, 5.41) is 48.5. The van der Waals surface area contributed by atoms with E-state index < -0.39 is 122 Å². The number of methoxy groups -OCH3 is 2. The second kappa shape index (κ2) is 26.0. The van der Waals surface area contributed by atoms with Crippen LogP contribution in [0.4, 0.5) is 17.6 Å². The van der Waals surface area contributed by atoms with E-state index in [-0.39, 0.29) is 64.9 Å². The summed E-state index contributed by atoms with van der Waals surface area (Å²) < 4.78 is 117. The van der Waals surface area contributed by atoms with Gasteiger partial charge in [-0.3, -0.25) is 28.5 Å². The van der Waals surface area contributed by atoms with Crippen molar-refractivity contribution in [3.63, 3.8) is 0 Å². The lowest BCUT2D eigenvalue weighted by molar-refractivity contribution is -0.289. The largest absolute Gasteiger partial charge is 0.497 e. The molecule has 76 heavy (non-hydrogen) atoms. The molecule has 420 valence electrons. The summed E-state index contributed by atoms with van der Waals surface area (Å²) in [6, 6.07) is 3.89. The third-order valence-electron chi connectivity index (χ3n) is 12.1. The molecule has 2 saturated heterocycles. The Morgan fingerprint density at radius 1 is 0.579 bits per heavy atom. The molecule has 2 aliphatic heterocycles. The van der Waals surface area contributed by atoms with Crippen LogP contribution in [0, 0.1) is 37.1 Å². The molecule has 6 rings (SSSR count). The third-order valence-corrected chi connectivity index (χ3v) is 12.1. The minimum atomic E-state index is -1.65. The number of aliphatic hydroxyl groups excluding tert-OH is 4. The van der Waals surface area contributed by atoms with Gasteiger partial charge >= 0.3 is 23.9 Å². The molecule has 0 aliphatic carbocycles. The average molecular weight is 1090 g/mol. The number of carbonyl (C=O) groups excluding carboxylic acids is 4.